The van der Waals surface area contributed by atoms with Crippen LogP contribution in [-0.4, -0.2) is 89.6 Å². The van der Waals surface area contributed by atoms with Gasteiger partial charge in [0.05, 0.1) is 22.1 Å². The molecule has 1 unspecified atom stereocenters. The Morgan fingerprint density at radius 1 is 0.815 bits per heavy atom. The number of sulfone groups is 1. The van der Waals surface area contributed by atoms with Crippen LogP contribution >= 0.6 is 0 Å². The number of urea groups is 1. The van der Waals surface area contributed by atoms with Crippen molar-refractivity contribution < 1.29 is 32.4 Å². The van der Waals surface area contributed by atoms with Crippen molar-refractivity contribution >= 4 is 39.4 Å². The standard InChI is InChI=1S/C41H67N5O7S/c1-38(2,3)54(52,53)25-41(22-11-8-12-23-41)45-37(51)44-33(40(6)20-9-7-10-21-40)36(50)46-24-28-30(39(28,4)5)31(46)34(48)43-29(19-16-26-14-13-15-26)32(47)35(49)42-27-17-18-27/h26-31,33H,7-25H2,1-6H3,(H,42,49)(H,43,48)(H2,44,45,51)/t28-,29?,30-,31-,33+/m0/s1. The molecule has 5 amide bonds. The number of carbonyl (C=O) groups excluding carboxylic acids is 5. The molecule has 0 aromatic rings. The molecule has 0 radical (unpaired) electrons. The Balaban J connectivity index is 1.23. The van der Waals surface area contributed by atoms with E-state index in [-0.39, 0.29) is 35.0 Å². The smallest absolute Gasteiger partial charge is 0.315 e. The number of hydrogen-bond acceptors (Lipinski definition) is 7. The molecule has 0 aromatic heterocycles. The highest BCUT2D eigenvalue weighted by atomic mass is 32.2. The molecule has 1 heterocycles. The van der Waals surface area contributed by atoms with Crippen LogP contribution in [0.5, 0.6) is 0 Å². The summed E-state index contributed by atoms with van der Waals surface area (Å²) in [5.74, 6) is -1.75. The van der Waals surface area contributed by atoms with Crippen LogP contribution in [0.4, 0.5) is 4.79 Å². The summed E-state index contributed by atoms with van der Waals surface area (Å²) >= 11 is 0. The van der Waals surface area contributed by atoms with Crippen molar-refractivity contribution in [3.05, 3.63) is 0 Å². The third-order valence-corrected chi connectivity index (χ3v) is 17.2. The van der Waals surface area contributed by atoms with E-state index in [1.165, 1.54) is 0 Å². The Bertz CT molecular complexity index is 1570. The first kappa shape index (κ1) is 40.9. The molecule has 5 atom stereocenters. The first-order valence-electron chi connectivity index (χ1n) is 21.0. The summed E-state index contributed by atoms with van der Waals surface area (Å²) in [7, 11) is -3.56. The van der Waals surface area contributed by atoms with Gasteiger partial charge >= 0.3 is 6.03 Å². The van der Waals surface area contributed by atoms with Crippen LogP contribution in [0.2, 0.25) is 0 Å². The number of amides is 5. The minimum Gasteiger partial charge on any atom is -0.347 e. The SMILES string of the molecule is CC1([C@H](NC(=O)NC2(CS(=O)(=O)C(C)(C)C)CCCCC2)C(=O)N2C[C@H]3[C@@H]([C@H]2C(=O)NC(CCC2CCC2)C(=O)C(=O)NC2CC2)C3(C)C)CCCCC1. The van der Waals surface area contributed by atoms with Crippen molar-refractivity contribution in [1.29, 1.82) is 0 Å². The van der Waals surface area contributed by atoms with Crippen molar-refractivity contribution in [1.82, 2.24) is 26.2 Å². The van der Waals surface area contributed by atoms with E-state index in [9.17, 15) is 27.6 Å². The lowest BCUT2D eigenvalue weighted by Crippen LogP contribution is -2.65. The fraction of sp³-hybridized carbons (Fsp3) is 0.878. The van der Waals surface area contributed by atoms with E-state index in [0.717, 1.165) is 89.9 Å². The highest BCUT2D eigenvalue weighted by Gasteiger charge is 2.70. The van der Waals surface area contributed by atoms with Gasteiger partial charge in [-0.1, -0.05) is 78.6 Å². The van der Waals surface area contributed by atoms with E-state index in [1.807, 2.05) is 6.92 Å². The Morgan fingerprint density at radius 3 is 1.98 bits per heavy atom. The molecule has 12 nitrogen and oxygen atoms in total. The van der Waals surface area contributed by atoms with Crippen LogP contribution in [0.15, 0.2) is 0 Å². The molecule has 1 saturated heterocycles. The van der Waals surface area contributed by atoms with Crippen LogP contribution in [0.3, 0.4) is 0 Å². The van der Waals surface area contributed by atoms with E-state index in [2.05, 4.69) is 35.1 Å². The van der Waals surface area contributed by atoms with Gasteiger partial charge in [0.15, 0.2) is 9.84 Å². The first-order valence-corrected chi connectivity index (χ1v) is 22.7. The van der Waals surface area contributed by atoms with Crippen molar-refractivity contribution in [3.8, 4) is 0 Å². The monoisotopic (exact) mass is 773 g/mol. The topological polar surface area (TPSA) is 171 Å². The summed E-state index contributed by atoms with van der Waals surface area (Å²) in [5, 5.41) is 12.0. The molecule has 54 heavy (non-hydrogen) atoms. The Hall–Kier alpha value is -2.70. The van der Waals surface area contributed by atoms with Crippen molar-refractivity contribution in [2.75, 3.05) is 12.3 Å². The highest BCUT2D eigenvalue weighted by molar-refractivity contribution is 7.92. The largest absolute Gasteiger partial charge is 0.347 e. The van der Waals surface area contributed by atoms with E-state index in [4.69, 9.17) is 0 Å². The molecule has 5 aliphatic carbocycles. The van der Waals surface area contributed by atoms with Gasteiger partial charge in [-0.25, -0.2) is 13.2 Å². The molecule has 6 rings (SSSR count). The fourth-order valence-corrected chi connectivity index (χ4v) is 11.6. The third-order valence-electron chi connectivity index (χ3n) is 14.4. The van der Waals surface area contributed by atoms with Gasteiger partial charge in [0.25, 0.3) is 5.91 Å². The second-order valence-corrected chi connectivity index (χ2v) is 22.6. The van der Waals surface area contributed by atoms with Crippen molar-refractivity contribution in [2.24, 2.45) is 28.6 Å². The number of piperidine rings is 1. The number of ketones is 1. The lowest BCUT2D eigenvalue weighted by Gasteiger charge is -2.44. The lowest BCUT2D eigenvalue weighted by molar-refractivity contribution is -0.146. The molecule has 4 N–H and O–H groups in total. The lowest BCUT2D eigenvalue weighted by atomic mass is 9.70. The average Bonchev–Trinajstić information content (AvgIpc) is 3.92. The van der Waals surface area contributed by atoms with Crippen LogP contribution in [0.1, 0.15) is 151 Å². The zero-order valence-corrected chi connectivity index (χ0v) is 34.5. The predicted molar refractivity (Wildman–Crippen MR) is 207 cm³/mol. The molecule has 13 heteroatoms. The molecule has 5 saturated carbocycles. The van der Waals surface area contributed by atoms with Gasteiger partial charge in [0.1, 0.15) is 12.1 Å². The Morgan fingerprint density at radius 2 is 1.43 bits per heavy atom. The quantitative estimate of drug-likeness (QED) is 0.181. The van der Waals surface area contributed by atoms with Gasteiger partial charge < -0.3 is 26.2 Å². The first-order chi connectivity index (χ1) is 25.3. The second-order valence-electron chi connectivity index (χ2n) is 19.9. The summed E-state index contributed by atoms with van der Waals surface area (Å²) in [5.41, 5.74) is -1.70. The number of nitrogens with zero attached hydrogens (tertiary/aromatic N) is 1. The molecule has 304 valence electrons. The fourth-order valence-electron chi connectivity index (χ4n) is 10.0. The summed E-state index contributed by atoms with van der Waals surface area (Å²) in [6, 6.07) is -3.29. The number of Topliss-reactive ketones (excluding diaryl/α,β-unsaturated/α-hetero) is 1. The summed E-state index contributed by atoms with van der Waals surface area (Å²) in [4.78, 5) is 71.7. The minimum atomic E-state index is -3.56. The Kier molecular flexibility index (Phi) is 11.6. The van der Waals surface area contributed by atoms with Gasteiger partial charge in [0, 0.05) is 12.6 Å². The number of hydrogen-bond donors (Lipinski definition) is 4. The molecular weight excluding hydrogens is 707 g/mol. The van der Waals surface area contributed by atoms with E-state index in [1.54, 1.807) is 25.7 Å². The van der Waals surface area contributed by atoms with Crippen molar-refractivity contribution in [3.63, 3.8) is 0 Å². The molecule has 0 spiro atoms. The van der Waals surface area contributed by atoms with Crippen LogP contribution in [-0.2, 0) is 29.0 Å². The maximum atomic E-state index is 15.0. The van der Waals surface area contributed by atoms with Crippen LogP contribution in [0.25, 0.3) is 0 Å². The third kappa shape index (κ3) is 8.65. The maximum Gasteiger partial charge on any atom is 0.315 e. The molecule has 1 aliphatic heterocycles. The molecule has 6 aliphatic rings. The number of fused-ring (bicyclic) bond motifs is 1. The highest BCUT2D eigenvalue weighted by Crippen LogP contribution is 2.65. The second kappa shape index (κ2) is 15.3. The van der Waals surface area contributed by atoms with E-state index >= 15 is 4.79 Å². The van der Waals surface area contributed by atoms with Gasteiger partial charge in [-0.15, -0.1) is 0 Å². The van der Waals surface area contributed by atoms with Crippen molar-refractivity contribution in [2.45, 2.75) is 185 Å². The van der Waals surface area contributed by atoms with Crippen LogP contribution < -0.4 is 21.3 Å². The minimum absolute atomic E-state index is 0.0130. The number of rotatable bonds is 14. The molecule has 0 aromatic carbocycles. The van der Waals surface area contributed by atoms with Crippen LogP contribution in [0, 0.1) is 28.6 Å². The summed E-state index contributed by atoms with van der Waals surface area (Å²) < 4.78 is 26.0. The zero-order chi connectivity index (χ0) is 39.3. The maximum absolute atomic E-state index is 15.0. The summed E-state index contributed by atoms with van der Waals surface area (Å²) in [6.07, 6.45) is 14.1. The Labute approximate surface area is 323 Å². The predicted octanol–water partition coefficient (Wildman–Crippen LogP) is 4.94. The van der Waals surface area contributed by atoms with Gasteiger partial charge in [0.2, 0.25) is 17.6 Å². The molecule has 6 fully saturated rings. The molecular formula is C41H67N5O7S. The van der Waals surface area contributed by atoms with E-state index < -0.39 is 67.3 Å². The van der Waals surface area contributed by atoms with E-state index in [0.29, 0.717) is 31.7 Å². The zero-order valence-electron chi connectivity index (χ0n) is 33.7. The number of likely N-dealkylation sites (tertiary alicyclic amines) is 1. The number of nitrogens with one attached hydrogen (secondary N) is 4. The van der Waals surface area contributed by atoms with Gasteiger partial charge in [-0.05, 0) is 101 Å². The summed E-state index contributed by atoms with van der Waals surface area (Å²) in [6.45, 7) is 11.7. The molecule has 0 bridgehead atoms. The number of carbonyl (C=O) groups is 5. The van der Waals surface area contributed by atoms with Gasteiger partial charge in [-0.3, -0.25) is 19.2 Å². The van der Waals surface area contributed by atoms with Gasteiger partial charge in [-0.2, -0.15) is 0 Å². The average molecular weight is 774 g/mol. The normalized spacial score (nSPS) is 28.4.